The summed E-state index contributed by atoms with van der Waals surface area (Å²) in [7, 11) is -3.64. The number of nitrogens with one attached hydrogen (secondary N) is 1. The zero-order valence-electron chi connectivity index (χ0n) is 11.3. The molecular formula is C15H15ClN2O2S. The summed E-state index contributed by atoms with van der Waals surface area (Å²) in [5.74, 6) is 0. The molecule has 0 saturated carbocycles. The Labute approximate surface area is 129 Å². The van der Waals surface area contributed by atoms with Crippen molar-refractivity contribution in [2.75, 3.05) is 4.72 Å². The molecule has 1 aromatic carbocycles. The van der Waals surface area contributed by atoms with Crippen LogP contribution in [0.25, 0.3) is 0 Å². The first-order chi connectivity index (χ1) is 10.1. The van der Waals surface area contributed by atoms with Crippen LogP contribution in [0.3, 0.4) is 0 Å². The third kappa shape index (κ3) is 3.04. The predicted octanol–water partition coefficient (Wildman–Crippen LogP) is 3.41. The fourth-order valence-electron chi connectivity index (χ4n) is 2.63. The van der Waals surface area contributed by atoms with Crippen molar-refractivity contribution in [3.8, 4) is 0 Å². The van der Waals surface area contributed by atoms with Crippen LogP contribution < -0.4 is 4.72 Å². The van der Waals surface area contributed by atoms with Crippen molar-refractivity contribution in [3.63, 3.8) is 0 Å². The molecule has 0 atom stereocenters. The molecule has 0 saturated heterocycles. The number of benzene rings is 1. The zero-order valence-corrected chi connectivity index (χ0v) is 12.9. The monoisotopic (exact) mass is 322 g/mol. The summed E-state index contributed by atoms with van der Waals surface area (Å²) in [4.78, 5) is 3.93. The van der Waals surface area contributed by atoms with Gasteiger partial charge >= 0.3 is 0 Å². The van der Waals surface area contributed by atoms with E-state index < -0.39 is 10.0 Å². The van der Waals surface area contributed by atoms with E-state index >= 15 is 0 Å². The molecule has 0 amide bonds. The Balaban J connectivity index is 1.96. The van der Waals surface area contributed by atoms with E-state index in [2.05, 4.69) is 15.8 Å². The molecule has 0 bridgehead atoms. The van der Waals surface area contributed by atoms with Gasteiger partial charge in [0.2, 0.25) is 0 Å². The number of fused-ring (bicyclic) bond motifs is 1. The lowest BCUT2D eigenvalue weighted by Crippen LogP contribution is -2.16. The van der Waals surface area contributed by atoms with Gasteiger partial charge in [0, 0.05) is 6.20 Å². The standard InChI is InChI=1S/C15H15ClN2O2S/c16-15-10-12(8-9-17-15)21(19,20)18-14-7-3-5-11-4-1-2-6-13(11)14/h3,5,7-10,18H,1-2,4,6H2. The predicted molar refractivity (Wildman–Crippen MR) is 83.1 cm³/mol. The highest BCUT2D eigenvalue weighted by Crippen LogP contribution is 2.29. The summed E-state index contributed by atoms with van der Waals surface area (Å²) in [6.07, 6.45) is 5.55. The van der Waals surface area contributed by atoms with Gasteiger partial charge in [-0.3, -0.25) is 4.72 Å². The van der Waals surface area contributed by atoms with E-state index in [9.17, 15) is 8.42 Å². The molecular weight excluding hydrogens is 308 g/mol. The number of hydrogen-bond acceptors (Lipinski definition) is 3. The molecule has 1 aromatic heterocycles. The Morgan fingerprint density at radius 2 is 1.95 bits per heavy atom. The highest BCUT2D eigenvalue weighted by atomic mass is 35.5. The number of hydrogen-bond donors (Lipinski definition) is 1. The van der Waals surface area contributed by atoms with Gasteiger partial charge in [0.15, 0.2) is 0 Å². The molecule has 4 nitrogen and oxygen atoms in total. The van der Waals surface area contributed by atoms with Crippen molar-refractivity contribution in [1.82, 2.24) is 4.98 Å². The number of nitrogens with zero attached hydrogens (tertiary/aromatic N) is 1. The van der Waals surface area contributed by atoms with Crippen LogP contribution >= 0.6 is 11.6 Å². The third-order valence-corrected chi connectivity index (χ3v) is 5.22. The van der Waals surface area contributed by atoms with Gasteiger partial charge in [-0.15, -0.1) is 0 Å². The van der Waals surface area contributed by atoms with Gasteiger partial charge in [0.1, 0.15) is 5.15 Å². The second-order valence-electron chi connectivity index (χ2n) is 5.07. The molecule has 1 aliphatic rings. The van der Waals surface area contributed by atoms with Gasteiger partial charge in [-0.05, 0) is 55.0 Å². The molecule has 0 aliphatic heterocycles. The summed E-state index contributed by atoms with van der Waals surface area (Å²) >= 11 is 5.77. The van der Waals surface area contributed by atoms with E-state index in [4.69, 9.17) is 11.6 Å². The van der Waals surface area contributed by atoms with Crippen LogP contribution in [-0.4, -0.2) is 13.4 Å². The summed E-state index contributed by atoms with van der Waals surface area (Å²) in [5.41, 5.74) is 3.00. The SMILES string of the molecule is O=S(=O)(Nc1cccc2c1CCCC2)c1ccnc(Cl)c1. The molecule has 0 radical (unpaired) electrons. The number of pyridine rings is 1. The van der Waals surface area contributed by atoms with Crippen LogP contribution in [0.5, 0.6) is 0 Å². The Morgan fingerprint density at radius 1 is 1.14 bits per heavy atom. The number of aromatic nitrogens is 1. The molecule has 1 aliphatic carbocycles. The molecule has 0 spiro atoms. The molecule has 1 heterocycles. The Bertz CT molecular complexity index is 775. The van der Waals surface area contributed by atoms with Crippen molar-refractivity contribution in [2.45, 2.75) is 30.6 Å². The highest BCUT2D eigenvalue weighted by Gasteiger charge is 2.19. The number of sulfonamides is 1. The average Bonchev–Trinajstić information content (AvgIpc) is 2.47. The fourth-order valence-corrected chi connectivity index (χ4v) is 3.98. The third-order valence-electron chi connectivity index (χ3n) is 3.65. The van der Waals surface area contributed by atoms with Crippen molar-refractivity contribution < 1.29 is 8.42 Å². The molecule has 21 heavy (non-hydrogen) atoms. The molecule has 0 unspecified atom stereocenters. The minimum atomic E-state index is -3.64. The first-order valence-electron chi connectivity index (χ1n) is 6.81. The summed E-state index contributed by atoms with van der Waals surface area (Å²) in [6.45, 7) is 0. The molecule has 2 aromatic rings. The molecule has 0 fully saturated rings. The molecule has 3 rings (SSSR count). The summed E-state index contributed by atoms with van der Waals surface area (Å²) < 4.78 is 27.6. The van der Waals surface area contributed by atoms with E-state index in [0.29, 0.717) is 5.69 Å². The normalized spacial score (nSPS) is 14.5. The number of aryl methyl sites for hydroxylation is 1. The number of anilines is 1. The van der Waals surface area contributed by atoms with E-state index in [1.54, 1.807) is 0 Å². The maximum absolute atomic E-state index is 12.4. The topological polar surface area (TPSA) is 59.1 Å². The lowest BCUT2D eigenvalue weighted by Gasteiger charge is -2.20. The minimum absolute atomic E-state index is 0.121. The van der Waals surface area contributed by atoms with Crippen molar-refractivity contribution in [3.05, 3.63) is 52.8 Å². The van der Waals surface area contributed by atoms with Crippen LogP contribution in [0.15, 0.2) is 41.4 Å². The Morgan fingerprint density at radius 3 is 2.76 bits per heavy atom. The maximum atomic E-state index is 12.4. The van der Waals surface area contributed by atoms with E-state index in [0.717, 1.165) is 31.2 Å². The zero-order chi connectivity index (χ0) is 14.9. The summed E-state index contributed by atoms with van der Waals surface area (Å²) in [6, 6.07) is 8.55. The van der Waals surface area contributed by atoms with Gasteiger partial charge in [-0.25, -0.2) is 13.4 Å². The first-order valence-corrected chi connectivity index (χ1v) is 8.67. The van der Waals surface area contributed by atoms with E-state index in [1.807, 2.05) is 12.1 Å². The Hall–Kier alpha value is -1.59. The second kappa shape index (κ2) is 5.66. The van der Waals surface area contributed by atoms with Gasteiger partial charge in [0.25, 0.3) is 10.0 Å². The smallest absolute Gasteiger partial charge is 0.262 e. The molecule has 1 N–H and O–H groups in total. The fraction of sp³-hybridized carbons (Fsp3) is 0.267. The Kier molecular flexibility index (Phi) is 3.87. The van der Waals surface area contributed by atoms with Gasteiger partial charge < -0.3 is 0 Å². The van der Waals surface area contributed by atoms with Gasteiger partial charge in [0.05, 0.1) is 10.6 Å². The number of rotatable bonds is 3. The minimum Gasteiger partial charge on any atom is -0.279 e. The number of halogens is 1. The largest absolute Gasteiger partial charge is 0.279 e. The van der Waals surface area contributed by atoms with Crippen molar-refractivity contribution >= 4 is 27.3 Å². The molecule has 110 valence electrons. The van der Waals surface area contributed by atoms with E-state index in [1.165, 1.54) is 23.9 Å². The first kappa shape index (κ1) is 14.4. The van der Waals surface area contributed by atoms with Crippen LogP contribution in [0.1, 0.15) is 24.0 Å². The lowest BCUT2D eigenvalue weighted by molar-refractivity contribution is 0.601. The van der Waals surface area contributed by atoms with Crippen LogP contribution in [0, 0.1) is 0 Å². The highest BCUT2D eigenvalue weighted by molar-refractivity contribution is 7.92. The van der Waals surface area contributed by atoms with Crippen LogP contribution in [0.4, 0.5) is 5.69 Å². The molecule has 6 heteroatoms. The summed E-state index contributed by atoms with van der Waals surface area (Å²) in [5, 5.41) is 0.160. The van der Waals surface area contributed by atoms with Crippen LogP contribution in [0.2, 0.25) is 5.15 Å². The quantitative estimate of drug-likeness (QED) is 0.881. The van der Waals surface area contributed by atoms with Crippen molar-refractivity contribution in [2.24, 2.45) is 0 Å². The lowest BCUT2D eigenvalue weighted by atomic mass is 9.91. The van der Waals surface area contributed by atoms with E-state index in [-0.39, 0.29) is 10.0 Å². The average molecular weight is 323 g/mol. The second-order valence-corrected chi connectivity index (χ2v) is 7.14. The van der Waals surface area contributed by atoms with Crippen LogP contribution in [-0.2, 0) is 22.9 Å². The van der Waals surface area contributed by atoms with Gasteiger partial charge in [-0.2, -0.15) is 0 Å². The maximum Gasteiger partial charge on any atom is 0.262 e. The van der Waals surface area contributed by atoms with Crippen molar-refractivity contribution in [1.29, 1.82) is 0 Å². The van der Waals surface area contributed by atoms with Gasteiger partial charge in [-0.1, -0.05) is 23.7 Å².